The van der Waals surface area contributed by atoms with Crippen LogP contribution in [0.15, 0.2) is 60.9 Å². The van der Waals surface area contributed by atoms with E-state index in [-0.39, 0.29) is 42.9 Å². The van der Waals surface area contributed by atoms with Gasteiger partial charge < -0.3 is 10.2 Å². The topological polar surface area (TPSA) is 80.1 Å². The number of aromatic nitrogens is 3. The molecule has 0 aliphatic carbocycles. The van der Waals surface area contributed by atoms with E-state index in [1.54, 1.807) is 31.5 Å². The number of rotatable bonds is 3. The summed E-state index contributed by atoms with van der Waals surface area (Å²) in [7, 11) is 0. The number of pyridine rings is 1. The van der Waals surface area contributed by atoms with Gasteiger partial charge in [0, 0.05) is 47.9 Å². The summed E-state index contributed by atoms with van der Waals surface area (Å²) in [6.07, 6.45) is -1.23. The molecular weight excluding hydrogens is 545 g/mol. The average molecular weight is 568 g/mol. The molecule has 2 amide bonds. The van der Waals surface area contributed by atoms with Gasteiger partial charge in [-0.3, -0.25) is 14.6 Å². The van der Waals surface area contributed by atoms with Gasteiger partial charge in [-0.1, -0.05) is 0 Å². The van der Waals surface area contributed by atoms with Crippen molar-refractivity contribution in [2.24, 2.45) is 0 Å². The Labute approximate surface area is 230 Å². The predicted molar refractivity (Wildman–Crippen MR) is 138 cm³/mol. The maximum absolute atomic E-state index is 14.8. The van der Waals surface area contributed by atoms with Crippen molar-refractivity contribution < 1.29 is 31.5 Å². The van der Waals surface area contributed by atoms with E-state index in [4.69, 9.17) is 0 Å². The zero-order valence-electron chi connectivity index (χ0n) is 21.6. The minimum Gasteiger partial charge on any atom is -0.337 e. The lowest BCUT2D eigenvalue weighted by Gasteiger charge is -2.37. The van der Waals surface area contributed by atoms with Crippen molar-refractivity contribution in [2.45, 2.75) is 31.4 Å². The van der Waals surface area contributed by atoms with Crippen LogP contribution in [0.2, 0.25) is 0 Å². The second-order valence-electron chi connectivity index (χ2n) is 10.1. The third-order valence-corrected chi connectivity index (χ3v) is 7.86. The predicted octanol–water partition coefficient (Wildman–Crippen LogP) is 5.67. The molecule has 0 radical (unpaired) electrons. The quantitative estimate of drug-likeness (QED) is 0.324. The maximum atomic E-state index is 14.8. The second-order valence-corrected chi connectivity index (χ2v) is 10.1. The van der Waals surface area contributed by atoms with Crippen LogP contribution in [0, 0.1) is 18.6 Å². The van der Waals surface area contributed by atoms with Crippen molar-refractivity contribution in [1.29, 1.82) is 0 Å². The van der Waals surface area contributed by atoms with Crippen LogP contribution >= 0.6 is 0 Å². The van der Waals surface area contributed by atoms with Crippen LogP contribution < -0.4 is 5.32 Å². The van der Waals surface area contributed by atoms with Gasteiger partial charge in [0.2, 0.25) is 5.91 Å². The lowest BCUT2D eigenvalue weighted by molar-refractivity contribution is -0.137. The van der Waals surface area contributed by atoms with Gasteiger partial charge in [-0.05, 0) is 68.3 Å². The molecule has 210 valence electrons. The first-order valence-electron chi connectivity index (χ1n) is 12.8. The Balaban J connectivity index is 1.34. The fraction of sp³-hybridized carbons (Fsp3) is 0.241. The van der Waals surface area contributed by atoms with E-state index in [1.807, 2.05) is 0 Å². The fourth-order valence-electron chi connectivity index (χ4n) is 5.72. The number of likely N-dealkylation sites (tertiary alicyclic amines) is 1. The number of carbonyl (C=O) groups is 2. The van der Waals surface area contributed by atoms with E-state index < -0.39 is 40.6 Å². The van der Waals surface area contributed by atoms with E-state index in [9.17, 15) is 31.5 Å². The van der Waals surface area contributed by atoms with Gasteiger partial charge in [-0.15, -0.1) is 0 Å². The number of fused-ring (bicyclic) bond motifs is 2. The standard InChI is InChI=1S/C29H22F5N5O2/c1-16-24(26(40)38-13-10-28(11-14-38)22-21(36-27(28)41)9-8-20(30)23(22)31)37-39(25(16)17-3-2-12-35-15-17)19-6-4-18(5-7-19)29(32,33)34/h2-9,12,15H,10-11,13-14H2,1H3,(H,36,41). The first-order valence-corrected chi connectivity index (χ1v) is 12.8. The van der Waals surface area contributed by atoms with Crippen molar-refractivity contribution in [3.8, 4) is 16.9 Å². The molecule has 2 aromatic carbocycles. The van der Waals surface area contributed by atoms with Crippen LogP contribution in [0.25, 0.3) is 16.9 Å². The molecule has 4 aromatic rings. The number of amides is 2. The average Bonchev–Trinajstić information content (AvgIpc) is 3.45. The number of hydrogen-bond acceptors (Lipinski definition) is 4. The maximum Gasteiger partial charge on any atom is 0.416 e. The van der Waals surface area contributed by atoms with E-state index in [1.165, 1.54) is 27.8 Å². The van der Waals surface area contributed by atoms with E-state index in [2.05, 4.69) is 15.4 Å². The van der Waals surface area contributed by atoms with Gasteiger partial charge in [0.15, 0.2) is 17.3 Å². The Morgan fingerprint density at radius 1 is 1.02 bits per heavy atom. The van der Waals surface area contributed by atoms with Crippen LogP contribution in [-0.2, 0) is 16.4 Å². The number of carbonyl (C=O) groups excluding carboxylic acids is 2. The van der Waals surface area contributed by atoms with Gasteiger partial charge in [0.1, 0.15) is 0 Å². The van der Waals surface area contributed by atoms with Crippen molar-refractivity contribution >= 4 is 17.5 Å². The van der Waals surface area contributed by atoms with Crippen LogP contribution in [0.4, 0.5) is 27.6 Å². The van der Waals surface area contributed by atoms with Crippen LogP contribution in [0.1, 0.15) is 40.0 Å². The number of alkyl halides is 3. The first-order chi connectivity index (χ1) is 19.5. The normalized spacial score (nSPS) is 16.1. The number of piperidine rings is 1. The monoisotopic (exact) mass is 567 g/mol. The third kappa shape index (κ3) is 4.25. The van der Waals surface area contributed by atoms with Gasteiger partial charge in [-0.2, -0.15) is 18.3 Å². The molecule has 0 atom stereocenters. The number of nitrogens with one attached hydrogen (secondary N) is 1. The summed E-state index contributed by atoms with van der Waals surface area (Å²) < 4.78 is 69.8. The third-order valence-electron chi connectivity index (χ3n) is 7.86. The summed E-state index contributed by atoms with van der Waals surface area (Å²) >= 11 is 0. The van der Waals surface area contributed by atoms with Crippen molar-refractivity contribution in [2.75, 3.05) is 18.4 Å². The highest BCUT2D eigenvalue weighted by molar-refractivity contribution is 6.06. The zero-order chi connectivity index (χ0) is 29.1. The summed E-state index contributed by atoms with van der Waals surface area (Å²) in [6.45, 7) is 1.85. The van der Waals surface area contributed by atoms with Crippen LogP contribution in [0.5, 0.6) is 0 Å². The Morgan fingerprint density at radius 3 is 2.37 bits per heavy atom. The summed E-state index contributed by atoms with van der Waals surface area (Å²) in [4.78, 5) is 32.3. The molecule has 2 aliphatic heterocycles. The Bertz CT molecular complexity index is 1670. The van der Waals surface area contributed by atoms with Crippen LogP contribution in [0.3, 0.4) is 0 Å². The van der Waals surface area contributed by atoms with Crippen molar-refractivity contribution in [1.82, 2.24) is 19.7 Å². The summed E-state index contributed by atoms with van der Waals surface area (Å²) in [6, 6.07) is 10.2. The molecule has 1 fully saturated rings. The lowest BCUT2D eigenvalue weighted by Crippen LogP contribution is -2.48. The highest BCUT2D eigenvalue weighted by Crippen LogP contribution is 2.47. The first kappa shape index (κ1) is 26.6. The smallest absolute Gasteiger partial charge is 0.337 e. The minimum absolute atomic E-state index is 0.0174. The molecule has 0 bridgehead atoms. The molecule has 1 saturated heterocycles. The van der Waals surface area contributed by atoms with Gasteiger partial charge in [0.05, 0.1) is 22.4 Å². The number of anilines is 1. The molecule has 12 heteroatoms. The molecule has 4 heterocycles. The molecule has 6 rings (SSSR count). The number of hydrogen-bond donors (Lipinski definition) is 1. The molecule has 41 heavy (non-hydrogen) atoms. The van der Waals surface area contributed by atoms with Crippen LogP contribution in [-0.4, -0.2) is 44.6 Å². The molecule has 2 aromatic heterocycles. The van der Waals surface area contributed by atoms with Crippen molar-refractivity contribution in [3.05, 3.63) is 94.9 Å². The number of nitrogens with zero attached hydrogens (tertiary/aromatic N) is 4. The second kappa shape index (κ2) is 9.50. The zero-order valence-corrected chi connectivity index (χ0v) is 21.6. The summed E-state index contributed by atoms with van der Waals surface area (Å²) in [5, 5.41) is 7.15. The Kier molecular flexibility index (Phi) is 6.16. The molecule has 1 N–H and O–H groups in total. The highest BCUT2D eigenvalue weighted by Gasteiger charge is 2.51. The molecule has 0 saturated carbocycles. The highest BCUT2D eigenvalue weighted by atomic mass is 19.4. The van der Waals surface area contributed by atoms with Gasteiger partial charge >= 0.3 is 6.18 Å². The van der Waals surface area contributed by atoms with E-state index in [0.717, 1.165) is 18.2 Å². The molecule has 1 spiro atoms. The molecule has 2 aliphatic rings. The largest absolute Gasteiger partial charge is 0.416 e. The van der Waals surface area contributed by atoms with E-state index in [0.29, 0.717) is 22.5 Å². The molecular formula is C29H22F5N5O2. The van der Waals surface area contributed by atoms with E-state index >= 15 is 0 Å². The minimum atomic E-state index is -4.51. The Morgan fingerprint density at radius 2 is 1.73 bits per heavy atom. The lowest BCUT2D eigenvalue weighted by atomic mass is 9.73. The summed E-state index contributed by atoms with van der Waals surface area (Å²) in [5.41, 5.74) is 0.0508. The Hall–Kier alpha value is -4.61. The molecule has 0 unspecified atom stereocenters. The van der Waals surface area contributed by atoms with Gasteiger partial charge in [0.25, 0.3) is 5.91 Å². The van der Waals surface area contributed by atoms with Gasteiger partial charge in [-0.25, -0.2) is 13.5 Å². The SMILES string of the molecule is Cc1c(C(=O)N2CCC3(CC2)C(=O)Nc2ccc(F)c(F)c23)nn(-c2ccc(C(F)(F)F)cc2)c1-c1cccnc1. The van der Waals surface area contributed by atoms with Crippen molar-refractivity contribution in [3.63, 3.8) is 0 Å². The molecule has 7 nitrogen and oxygen atoms in total. The fourth-order valence-corrected chi connectivity index (χ4v) is 5.72. The number of benzene rings is 2. The number of halogens is 5. The summed E-state index contributed by atoms with van der Waals surface area (Å²) in [5.74, 6) is -3.02.